The third-order valence-electron chi connectivity index (χ3n) is 2.96. The van der Waals surface area contributed by atoms with Gasteiger partial charge in [-0.15, -0.1) is 0 Å². The van der Waals surface area contributed by atoms with Crippen LogP contribution in [0.1, 0.15) is 36.6 Å². The number of aromatic nitrogens is 1. The number of aryl methyl sites for hydroxylation is 1. The molecule has 1 aromatic heterocycles. The van der Waals surface area contributed by atoms with Gasteiger partial charge in [-0.2, -0.15) is 0 Å². The van der Waals surface area contributed by atoms with Crippen molar-refractivity contribution in [2.24, 2.45) is 0 Å². The molecule has 0 spiro atoms. The number of rotatable bonds is 4. The van der Waals surface area contributed by atoms with Gasteiger partial charge in [-0.3, -0.25) is 4.98 Å². The van der Waals surface area contributed by atoms with Crippen LogP contribution in [0.4, 0.5) is 4.39 Å². The number of nitrogens with zero attached hydrogens (tertiary/aromatic N) is 1. The van der Waals surface area contributed by atoms with Crippen molar-refractivity contribution in [3.63, 3.8) is 0 Å². The lowest BCUT2D eigenvalue weighted by Crippen LogP contribution is -2.08. The Bertz CT molecular complexity index is 599. The van der Waals surface area contributed by atoms with E-state index in [2.05, 4.69) is 4.98 Å². The molecule has 1 unspecified atom stereocenters. The quantitative estimate of drug-likeness (QED) is 0.930. The fourth-order valence-corrected chi connectivity index (χ4v) is 2.01. The molecule has 3 nitrogen and oxygen atoms in total. The van der Waals surface area contributed by atoms with Gasteiger partial charge < -0.3 is 9.84 Å². The van der Waals surface area contributed by atoms with Crippen LogP contribution in [-0.2, 0) is 0 Å². The zero-order chi connectivity index (χ0) is 14.7. The summed E-state index contributed by atoms with van der Waals surface area (Å²) in [4.78, 5) is 4.06. The van der Waals surface area contributed by atoms with Gasteiger partial charge in [0, 0.05) is 11.8 Å². The predicted molar refractivity (Wildman–Crippen MR) is 75.2 cm³/mol. The average Bonchev–Trinajstić information content (AvgIpc) is 2.40. The first-order valence-electron chi connectivity index (χ1n) is 6.53. The Labute approximate surface area is 118 Å². The Balaban J connectivity index is 2.33. The third kappa shape index (κ3) is 3.33. The topological polar surface area (TPSA) is 42.4 Å². The second-order valence-electron chi connectivity index (χ2n) is 5.02. The molecule has 0 aliphatic heterocycles. The molecule has 20 heavy (non-hydrogen) atoms. The van der Waals surface area contributed by atoms with Gasteiger partial charge in [0.2, 0.25) is 0 Å². The molecule has 0 saturated carbocycles. The fraction of sp³-hybridized carbons (Fsp3) is 0.312. The van der Waals surface area contributed by atoms with Crippen molar-refractivity contribution in [1.82, 2.24) is 4.98 Å². The Morgan fingerprint density at radius 3 is 2.65 bits per heavy atom. The third-order valence-corrected chi connectivity index (χ3v) is 2.96. The van der Waals surface area contributed by atoms with Crippen LogP contribution in [0.5, 0.6) is 5.75 Å². The Kier molecular flexibility index (Phi) is 4.35. The van der Waals surface area contributed by atoms with Crippen LogP contribution in [0.15, 0.2) is 36.7 Å². The lowest BCUT2D eigenvalue weighted by molar-refractivity contribution is 0.214. The molecule has 0 amide bonds. The van der Waals surface area contributed by atoms with Crippen molar-refractivity contribution in [2.75, 3.05) is 0 Å². The van der Waals surface area contributed by atoms with Crippen molar-refractivity contribution in [3.05, 3.63) is 59.2 Å². The van der Waals surface area contributed by atoms with Crippen molar-refractivity contribution >= 4 is 0 Å². The van der Waals surface area contributed by atoms with Crippen LogP contribution in [0.25, 0.3) is 0 Å². The van der Waals surface area contributed by atoms with Gasteiger partial charge in [0.25, 0.3) is 0 Å². The first kappa shape index (κ1) is 14.5. The van der Waals surface area contributed by atoms with E-state index in [1.54, 1.807) is 24.5 Å². The summed E-state index contributed by atoms with van der Waals surface area (Å²) in [6.45, 7) is 5.67. The molecular weight excluding hydrogens is 257 g/mol. The summed E-state index contributed by atoms with van der Waals surface area (Å²) in [5.74, 6) is 0.220. The number of aliphatic hydroxyl groups is 1. The van der Waals surface area contributed by atoms with Gasteiger partial charge in [-0.25, -0.2) is 4.39 Å². The van der Waals surface area contributed by atoms with Gasteiger partial charge in [0.05, 0.1) is 12.3 Å². The molecule has 1 heterocycles. The zero-order valence-corrected chi connectivity index (χ0v) is 11.8. The standard InChI is InChI=1S/C16H18FNO2/c1-10(2)20-14-6-12(8-18-9-14)16(19)15-7-13(17)5-4-11(15)3/h4-10,16,19H,1-3H3. The highest BCUT2D eigenvalue weighted by Crippen LogP contribution is 2.27. The minimum Gasteiger partial charge on any atom is -0.489 e. The van der Waals surface area contributed by atoms with Crippen LogP contribution in [0.2, 0.25) is 0 Å². The summed E-state index contributed by atoms with van der Waals surface area (Å²) in [6, 6.07) is 6.09. The van der Waals surface area contributed by atoms with E-state index in [1.165, 1.54) is 12.1 Å². The summed E-state index contributed by atoms with van der Waals surface area (Å²) in [5, 5.41) is 10.4. The van der Waals surface area contributed by atoms with Crippen LogP contribution in [0, 0.1) is 12.7 Å². The van der Waals surface area contributed by atoms with E-state index in [9.17, 15) is 9.50 Å². The number of halogens is 1. The van der Waals surface area contributed by atoms with Crippen LogP contribution in [-0.4, -0.2) is 16.2 Å². The van der Waals surface area contributed by atoms with E-state index in [-0.39, 0.29) is 11.9 Å². The summed E-state index contributed by atoms with van der Waals surface area (Å²) in [7, 11) is 0. The molecule has 2 aromatic rings. The average molecular weight is 275 g/mol. The van der Waals surface area contributed by atoms with Crippen LogP contribution < -0.4 is 4.74 Å². The first-order valence-corrected chi connectivity index (χ1v) is 6.53. The maximum absolute atomic E-state index is 13.3. The highest BCUT2D eigenvalue weighted by molar-refractivity contribution is 5.36. The molecule has 1 aromatic carbocycles. The number of hydrogen-bond donors (Lipinski definition) is 1. The SMILES string of the molecule is Cc1ccc(F)cc1C(O)c1cncc(OC(C)C)c1. The van der Waals surface area contributed by atoms with Gasteiger partial charge in [0.15, 0.2) is 0 Å². The Hall–Kier alpha value is -1.94. The molecule has 0 saturated heterocycles. The van der Waals surface area contributed by atoms with E-state index in [0.29, 0.717) is 16.9 Å². The van der Waals surface area contributed by atoms with E-state index >= 15 is 0 Å². The summed E-state index contributed by atoms with van der Waals surface area (Å²) in [6.07, 6.45) is 2.26. The maximum Gasteiger partial charge on any atom is 0.138 e. The molecule has 1 N–H and O–H groups in total. The molecule has 1 atom stereocenters. The molecule has 0 radical (unpaired) electrons. The molecule has 0 aliphatic rings. The van der Waals surface area contributed by atoms with E-state index in [1.807, 2.05) is 20.8 Å². The largest absolute Gasteiger partial charge is 0.489 e. The van der Waals surface area contributed by atoms with Crippen LogP contribution >= 0.6 is 0 Å². The van der Waals surface area contributed by atoms with Crippen molar-refractivity contribution < 1.29 is 14.2 Å². The lowest BCUT2D eigenvalue weighted by atomic mass is 9.98. The maximum atomic E-state index is 13.3. The van der Waals surface area contributed by atoms with Crippen LogP contribution in [0.3, 0.4) is 0 Å². The van der Waals surface area contributed by atoms with Gasteiger partial charge in [-0.1, -0.05) is 6.07 Å². The zero-order valence-electron chi connectivity index (χ0n) is 11.8. The number of benzene rings is 1. The Morgan fingerprint density at radius 1 is 1.20 bits per heavy atom. The summed E-state index contributed by atoms with van der Waals surface area (Å²) in [5.41, 5.74) is 1.94. The summed E-state index contributed by atoms with van der Waals surface area (Å²) >= 11 is 0. The van der Waals surface area contributed by atoms with Gasteiger partial charge >= 0.3 is 0 Å². The fourth-order valence-electron chi connectivity index (χ4n) is 2.01. The predicted octanol–water partition coefficient (Wildman–Crippen LogP) is 3.40. The molecule has 106 valence electrons. The number of hydrogen-bond acceptors (Lipinski definition) is 3. The van der Waals surface area contributed by atoms with E-state index in [4.69, 9.17) is 4.74 Å². The second kappa shape index (κ2) is 6.01. The lowest BCUT2D eigenvalue weighted by Gasteiger charge is -2.16. The van der Waals surface area contributed by atoms with Crippen molar-refractivity contribution in [3.8, 4) is 5.75 Å². The second-order valence-corrected chi connectivity index (χ2v) is 5.02. The number of aliphatic hydroxyl groups excluding tert-OH is 1. The van der Waals surface area contributed by atoms with Crippen molar-refractivity contribution in [2.45, 2.75) is 33.0 Å². The smallest absolute Gasteiger partial charge is 0.138 e. The Morgan fingerprint density at radius 2 is 1.95 bits per heavy atom. The van der Waals surface area contributed by atoms with E-state index < -0.39 is 6.10 Å². The molecule has 0 bridgehead atoms. The van der Waals surface area contributed by atoms with Gasteiger partial charge in [0.1, 0.15) is 17.7 Å². The number of ether oxygens (including phenoxy) is 1. The molecule has 2 rings (SSSR count). The minimum absolute atomic E-state index is 0.0279. The molecular formula is C16H18FNO2. The highest BCUT2D eigenvalue weighted by Gasteiger charge is 2.15. The monoisotopic (exact) mass is 275 g/mol. The van der Waals surface area contributed by atoms with E-state index in [0.717, 1.165) is 5.56 Å². The first-order chi connectivity index (χ1) is 9.47. The number of pyridine rings is 1. The highest BCUT2D eigenvalue weighted by atomic mass is 19.1. The molecule has 0 fully saturated rings. The normalized spacial score (nSPS) is 12.5. The molecule has 0 aliphatic carbocycles. The van der Waals surface area contributed by atoms with Crippen molar-refractivity contribution in [1.29, 1.82) is 0 Å². The summed E-state index contributed by atoms with van der Waals surface area (Å²) < 4.78 is 18.9. The molecule has 4 heteroatoms. The van der Waals surface area contributed by atoms with Gasteiger partial charge in [-0.05, 0) is 50.1 Å². The minimum atomic E-state index is -0.922.